The Kier molecular flexibility index (Phi) is 4.85. The summed E-state index contributed by atoms with van der Waals surface area (Å²) < 4.78 is 36.7. The molecule has 122 valence electrons. The van der Waals surface area contributed by atoms with E-state index in [0.29, 0.717) is 11.5 Å². The summed E-state index contributed by atoms with van der Waals surface area (Å²) >= 11 is 0. The summed E-state index contributed by atoms with van der Waals surface area (Å²) in [5, 5.41) is 2.57. The summed E-state index contributed by atoms with van der Waals surface area (Å²) in [5.74, 6) is -1.94. The van der Waals surface area contributed by atoms with Crippen LogP contribution in [0.4, 0.5) is 8.78 Å². The van der Waals surface area contributed by atoms with Gasteiger partial charge < -0.3 is 14.4 Å². The van der Waals surface area contributed by atoms with Crippen molar-refractivity contribution < 1.29 is 23.0 Å². The summed E-state index contributed by atoms with van der Waals surface area (Å²) in [6.45, 7) is -0.166. The van der Waals surface area contributed by atoms with Gasteiger partial charge in [0.05, 0.1) is 26.8 Å². The molecule has 1 fully saturated rings. The first-order valence-electron chi connectivity index (χ1n) is 6.93. The molecule has 1 aromatic rings. The number of nitrogens with zero attached hydrogens (tertiary/aromatic N) is 1. The Morgan fingerprint density at radius 1 is 1.32 bits per heavy atom. The lowest BCUT2D eigenvalue weighted by molar-refractivity contribution is -0.132. The maximum Gasteiger partial charge on any atom is 0.262 e. The van der Waals surface area contributed by atoms with Gasteiger partial charge in [-0.15, -0.1) is 0 Å². The number of amides is 1. The van der Waals surface area contributed by atoms with Crippen LogP contribution in [0, 0.1) is 0 Å². The fourth-order valence-electron chi connectivity index (χ4n) is 2.47. The standard InChI is InChI=1S/C15H20F2N2O3/c1-19(14(20)13-7-15(16,17)9-18-13)8-10-4-11(21-2)6-12(5-10)22-3/h4-6,13,18H,7-9H2,1-3H3. The van der Waals surface area contributed by atoms with Crippen LogP contribution in [0.2, 0.25) is 0 Å². The third kappa shape index (κ3) is 3.85. The molecule has 22 heavy (non-hydrogen) atoms. The first-order valence-corrected chi connectivity index (χ1v) is 6.93. The van der Waals surface area contributed by atoms with Crippen molar-refractivity contribution in [2.45, 2.75) is 24.9 Å². The van der Waals surface area contributed by atoms with Gasteiger partial charge in [-0.25, -0.2) is 8.78 Å². The molecule has 5 nitrogen and oxygen atoms in total. The van der Waals surface area contributed by atoms with E-state index in [1.165, 1.54) is 19.1 Å². The Morgan fingerprint density at radius 3 is 2.36 bits per heavy atom. The zero-order chi connectivity index (χ0) is 16.3. The van der Waals surface area contributed by atoms with Gasteiger partial charge >= 0.3 is 0 Å². The lowest BCUT2D eigenvalue weighted by Gasteiger charge is -2.21. The summed E-state index contributed by atoms with van der Waals surface area (Å²) in [5.41, 5.74) is 0.803. The lowest BCUT2D eigenvalue weighted by Crippen LogP contribution is -2.41. The number of hydrogen-bond acceptors (Lipinski definition) is 4. The van der Waals surface area contributed by atoms with Crippen molar-refractivity contribution in [2.75, 3.05) is 27.8 Å². The highest BCUT2D eigenvalue weighted by molar-refractivity contribution is 5.82. The molecule has 1 unspecified atom stereocenters. The van der Waals surface area contributed by atoms with Gasteiger partial charge in [-0.1, -0.05) is 0 Å². The minimum absolute atomic E-state index is 0.288. The fraction of sp³-hybridized carbons (Fsp3) is 0.533. The molecule has 2 rings (SSSR count). The Balaban J connectivity index is 2.05. The number of alkyl halides is 2. The third-order valence-corrected chi connectivity index (χ3v) is 3.62. The molecule has 1 aromatic carbocycles. The smallest absolute Gasteiger partial charge is 0.262 e. The number of methoxy groups -OCH3 is 2. The van der Waals surface area contributed by atoms with Gasteiger partial charge in [-0.3, -0.25) is 10.1 Å². The predicted molar refractivity (Wildman–Crippen MR) is 77.4 cm³/mol. The van der Waals surface area contributed by atoms with E-state index in [4.69, 9.17) is 9.47 Å². The molecule has 0 bridgehead atoms. The van der Waals surface area contributed by atoms with E-state index < -0.39 is 24.9 Å². The van der Waals surface area contributed by atoms with Crippen LogP contribution in [-0.4, -0.2) is 50.6 Å². The quantitative estimate of drug-likeness (QED) is 0.898. The highest BCUT2D eigenvalue weighted by Crippen LogP contribution is 2.27. The molecule has 0 aromatic heterocycles. The first-order chi connectivity index (χ1) is 10.3. The van der Waals surface area contributed by atoms with Crippen molar-refractivity contribution in [2.24, 2.45) is 0 Å². The molecular formula is C15H20F2N2O3. The summed E-state index contributed by atoms with van der Waals surface area (Å²) in [6.07, 6.45) is -0.461. The zero-order valence-electron chi connectivity index (χ0n) is 12.9. The number of carbonyl (C=O) groups excluding carboxylic acids is 1. The summed E-state index contributed by atoms with van der Waals surface area (Å²) in [7, 11) is 4.67. The highest BCUT2D eigenvalue weighted by atomic mass is 19.3. The summed E-state index contributed by atoms with van der Waals surface area (Å²) in [4.78, 5) is 13.6. The molecule has 1 atom stereocenters. The Hall–Kier alpha value is -1.89. The maximum atomic E-state index is 13.2. The molecule has 1 N–H and O–H groups in total. The minimum Gasteiger partial charge on any atom is -0.497 e. The van der Waals surface area contributed by atoms with Crippen LogP contribution in [0.5, 0.6) is 11.5 Å². The maximum absolute atomic E-state index is 13.2. The van der Waals surface area contributed by atoms with Gasteiger partial charge in [0.2, 0.25) is 5.91 Å². The molecule has 1 saturated heterocycles. The van der Waals surface area contributed by atoms with Gasteiger partial charge in [-0.05, 0) is 17.7 Å². The van der Waals surface area contributed by atoms with E-state index in [1.54, 1.807) is 25.2 Å². The van der Waals surface area contributed by atoms with Gasteiger partial charge in [0.15, 0.2) is 0 Å². The van der Waals surface area contributed by atoms with Crippen molar-refractivity contribution in [1.29, 1.82) is 0 Å². The Labute approximate surface area is 128 Å². The molecule has 0 radical (unpaired) electrons. The second-order valence-electron chi connectivity index (χ2n) is 5.41. The molecule has 0 aliphatic carbocycles. The number of hydrogen-bond donors (Lipinski definition) is 1. The number of likely N-dealkylation sites (N-methyl/N-ethyl adjacent to an activating group) is 1. The number of ether oxygens (including phenoxy) is 2. The van der Waals surface area contributed by atoms with Crippen LogP contribution in [0.25, 0.3) is 0 Å². The van der Waals surface area contributed by atoms with Gasteiger partial charge in [0.25, 0.3) is 5.92 Å². The molecule has 1 aliphatic rings. The van der Waals surface area contributed by atoms with Gasteiger partial charge in [-0.2, -0.15) is 0 Å². The second-order valence-corrected chi connectivity index (χ2v) is 5.41. The van der Waals surface area contributed by atoms with Crippen molar-refractivity contribution in [1.82, 2.24) is 10.2 Å². The van der Waals surface area contributed by atoms with E-state index in [2.05, 4.69) is 5.32 Å². The fourth-order valence-corrected chi connectivity index (χ4v) is 2.47. The molecule has 7 heteroatoms. The molecule has 0 saturated carbocycles. The third-order valence-electron chi connectivity index (χ3n) is 3.62. The Bertz CT molecular complexity index is 529. The number of nitrogens with one attached hydrogen (secondary N) is 1. The topological polar surface area (TPSA) is 50.8 Å². The van der Waals surface area contributed by atoms with Crippen molar-refractivity contribution in [3.8, 4) is 11.5 Å². The van der Waals surface area contributed by atoms with Crippen molar-refractivity contribution in [3.63, 3.8) is 0 Å². The van der Waals surface area contributed by atoms with Gasteiger partial charge in [0, 0.05) is 26.1 Å². The van der Waals surface area contributed by atoms with Crippen LogP contribution in [-0.2, 0) is 11.3 Å². The average molecular weight is 314 g/mol. The van der Waals surface area contributed by atoms with E-state index in [9.17, 15) is 13.6 Å². The van der Waals surface area contributed by atoms with Crippen molar-refractivity contribution in [3.05, 3.63) is 23.8 Å². The normalized spacial score (nSPS) is 19.8. The molecule has 1 amide bonds. The molecule has 1 heterocycles. The number of carbonyl (C=O) groups is 1. The van der Waals surface area contributed by atoms with E-state index >= 15 is 0 Å². The average Bonchev–Trinajstić information content (AvgIpc) is 2.85. The first kappa shape index (κ1) is 16.5. The summed E-state index contributed by atoms with van der Waals surface area (Å²) in [6, 6.07) is 4.45. The predicted octanol–water partition coefficient (Wildman–Crippen LogP) is 1.66. The second kappa shape index (κ2) is 6.48. The van der Waals surface area contributed by atoms with Crippen LogP contribution < -0.4 is 14.8 Å². The minimum atomic E-state index is -2.82. The Morgan fingerprint density at radius 2 is 1.91 bits per heavy atom. The van der Waals surface area contributed by atoms with E-state index in [-0.39, 0.29) is 12.5 Å². The molecule has 0 spiro atoms. The highest BCUT2D eigenvalue weighted by Gasteiger charge is 2.43. The van der Waals surface area contributed by atoms with Crippen molar-refractivity contribution >= 4 is 5.91 Å². The van der Waals surface area contributed by atoms with Crippen LogP contribution >= 0.6 is 0 Å². The zero-order valence-corrected chi connectivity index (χ0v) is 12.9. The van der Waals surface area contributed by atoms with Gasteiger partial charge in [0.1, 0.15) is 11.5 Å². The van der Waals surface area contributed by atoms with Crippen LogP contribution in [0.3, 0.4) is 0 Å². The number of rotatable bonds is 5. The largest absolute Gasteiger partial charge is 0.497 e. The van der Waals surface area contributed by atoms with Crippen LogP contribution in [0.15, 0.2) is 18.2 Å². The molecule has 1 aliphatic heterocycles. The lowest BCUT2D eigenvalue weighted by atomic mass is 10.1. The monoisotopic (exact) mass is 314 g/mol. The number of halogens is 2. The van der Waals surface area contributed by atoms with Crippen LogP contribution in [0.1, 0.15) is 12.0 Å². The molecular weight excluding hydrogens is 294 g/mol. The van der Waals surface area contributed by atoms with E-state index in [1.807, 2.05) is 0 Å². The van der Waals surface area contributed by atoms with E-state index in [0.717, 1.165) is 5.56 Å². The SMILES string of the molecule is COc1cc(CN(C)C(=O)C2CC(F)(F)CN2)cc(OC)c1. The number of benzene rings is 1.